The summed E-state index contributed by atoms with van der Waals surface area (Å²) in [6.07, 6.45) is 1.81. The molecule has 8 heteroatoms. The van der Waals surface area contributed by atoms with Gasteiger partial charge in [-0.2, -0.15) is 10.2 Å². The minimum atomic E-state index is -0.311. The number of halogens is 1. The number of hydrogen-bond donors (Lipinski definition) is 0. The molecular weight excluding hydrogens is 432 g/mol. The van der Waals surface area contributed by atoms with Gasteiger partial charge in [0, 0.05) is 22.8 Å². The fraction of sp³-hybridized carbons (Fsp3) is 0.130. The Kier molecular flexibility index (Phi) is 6.21. The Bertz CT molecular complexity index is 1320. The van der Waals surface area contributed by atoms with Gasteiger partial charge in [0.1, 0.15) is 16.5 Å². The highest BCUT2D eigenvalue weighted by Gasteiger charge is 2.11. The third-order valence-electron chi connectivity index (χ3n) is 4.59. The fourth-order valence-electron chi connectivity index (χ4n) is 3.03. The van der Waals surface area contributed by atoms with Crippen molar-refractivity contribution >= 4 is 23.4 Å². The van der Waals surface area contributed by atoms with Gasteiger partial charge in [0.05, 0.1) is 23.9 Å². The highest BCUT2D eigenvalue weighted by atomic mass is 35.5. The van der Waals surface area contributed by atoms with Crippen LogP contribution in [0.15, 0.2) is 75.1 Å². The largest absolute Gasteiger partial charge is 0.360 e. The van der Waals surface area contributed by atoms with Crippen LogP contribution in [0.1, 0.15) is 22.5 Å². The van der Waals surface area contributed by atoms with Crippen LogP contribution >= 0.6 is 23.4 Å². The van der Waals surface area contributed by atoms with Crippen LogP contribution in [-0.2, 0) is 12.3 Å². The van der Waals surface area contributed by atoms with Crippen molar-refractivity contribution in [3.63, 3.8) is 0 Å². The zero-order valence-electron chi connectivity index (χ0n) is 16.6. The molecule has 0 unspecified atom stereocenters. The van der Waals surface area contributed by atoms with Crippen LogP contribution < -0.4 is 5.69 Å². The van der Waals surface area contributed by atoms with Crippen molar-refractivity contribution in [2.45, 2.75) is 24.2 Å². The molecule has 2 aromatic heterocycles. The molecule has 0 saturated carbocycles. The molecule has 0 aliphatic carbocycles. The molecule has 4 rings (SSSR count). The maximum Gasteiger partial charge on any atom is 0.348 e. The molecule has 0 atom stereocenters. The first kappa shape index (κ1) is 20.9. The predicted molar refractivity (Wildman–Crippen MR) is 120 cm³/mol. The summed E-state index contributed by atoms with van der Waals surface area (Å²) in [7, 11) is 0. The van der Waals surface area contributed by atoms with E-state index in [1.165, 1.54) is 11.8 Å². The van der Waals surface area contributed by atoms with Crippen molar-refractivity contribution in [3.05, 3.63) is 98.8 Å². The van der Waals surface area contributed by atoms with E-state index in [4.69, 9.17) is 21.4 Å². The summed E-state index contributed by atoms with van der Waals surface area (Å²) in [6, 6.07) is 18.5. The van der Waals surface area contributed by atoms with Gasteiger partial charge in [-0.1, -0.05) is 52.8 Å². The lowest BCUT2D eigenvalue weighted by Crippen LogP contribution is -2.24. The highest BCUT2D eigenvalue weighted by Crippen LogP contribution is 2.26. The van der Waals surface area contributed by atoms with E-state index in [9.17, 15) is 4.79 Å². The van der Waals surface area contributed by atoms with Crippen LogP contribution in [0.4, 0.5) is 0 Å². The van der Waals surface area contributed by atoms with E-state index < -0.39 is 0 Å². The van der Waals surface area contributed by atoms with Crippen LogP contribution in [0, 0.1) is 18.3 Å². The van der Waals surface area contributed by atoms with Gasteiger partial charge in [-0.25, -0.2) is 4.79 Å². The van der Waals surface area contributed by atoms with Crippen molar-refractivity contribution in [2.75, 3.05) is 0 Å². The minimum Gasteiger partial charge on any atom is -0.360 e. The molecular formula is C23H17ClN4O2S. The van der Waals surface area contributed by atoms with Crippen LogP contribution in [-0.4, -0.2) is 14.7 Å². The molecule has 154 valence electrons. The van der Waals surface area contributed by atoms with Gasteiger partial charge in [0.15, 0.2) is 0 Å². The Morgan fingerprint density at radius 3 is 2.77 bits per heavy atom. The Morgan fingerprint density at radius 1 is 1.19 bits per heavy atom. The summed E-state index contributed by atoms with van der Waals surface area (Å²) in [5, 5.41) is 14.4. The molecule has 0 amide bonds. The molecule has 2 heterocycles. The summed E-state index contributed by atoms with van der Waals surface area (Å²) in [5.41, 5.74) is 3.61. The van der Waals surface area contributed by atoms with Gasteiger partial charge < -0.3 is 4.52 Å². The number of nitrogens with zero attached hydrogens (tertiary/aromatic N) is 4. The topological polar surface area (TPSA) is 84.7 Å². The SMILES string of the molecule is Cc1cn(Cc2ccc(Cl)cc2)c(=O)nc1SCc1cc(-c2cccc(C#N)c2)no1. The summed E-state index contributed by atoms with van der Waals surface area (Å²) >= 11 is 7.34. The number of hydrogen-bond acceptors (Lipinski definition) is 6. The zero-order valence-corrected chi connectivity index (χ0v) is 18.2. The Labute approximate surface area is 188 Å². The maximum atomic E-state index is 12.5. The second-order valence-corrected chi connectivity index (χ2v) is 8.33. The van der Waals surface area contributed by atoms with Crippen molar-refractivity contribution in [2.24, 2.45) is 0 Å². The van der Waals surface area contributed by atoms with Crippen molar-refractivity contribution < 1.29 is 4.52 Å². The van der Waals surface area contributed by atoms with Gasteiger partial charge in [0.2, 0.25) is 0 Å². The van der Waals surface area contributed by atoms with Crippen molar-refractivity contribution in [1.29, 1.82) is 5.26 Å². The normalized spacial score (nSPS) is 10.7. The highest BCUT2D eigenvalue weighted by molar-refractivity contribution is 7.98. The lowest BCUT2D eigenvalue weighted by atomic mass is 10.1. The predicted octanol–water partition coefficient (Wildman–Crippen LogP) is 5.07. The fourth-order valence-corrected chi connectivity index (χ4v) is 4.00. The molecule has 31 heavy (non-hydrogen) atoms. The molecule has 0 fully saturated rings. The smallest absolute Gasteiger partial charge is 0.348 e. The molecule has 0 spiro atoms. The number of thioether (sulfide) groups is 1. The van der Waals surface area contributed by atoms with Gasteiger partial charge in [0.25, 0.3) is 0 Å². The summed E-state index contributed by atoms with van der Waals surface area (Å²) in [4.78, 5) is 16.7. The van der Waals surface area contributed by atoms with E-state index in [0.29, 0.717) is 39.4 Å². The first-order chi connectivity index (χ1) is 15.0. The number of rotatable bonds is 6. The standard InChI is InChI=1S/C23H17ClN4O2S/c1-15-12-28(13-16-5-7-19(24)8-6-16)23(29)26-22(15)31-14-20-10-21(27-30-20)18-4-2-3-17(9-18)11-25/h2-10,12H,13-14H2,1H3. The Morgan fingerprint density at radius 2 is 2.00 bits per heavy atom. The van der Waals surface area contributed by atoms with E-state index in [1.807, 2.05) is 43.5 Å². The molecule has 6 nitrogen and oxygen atoms in total. The minimum absolute atomic E-state index is 0.311. The molecule has 0 radical (unpaired) electrons. The van der Waals surface area contributed by atoms with Crippen LogP contribution in [0.5, 0.6) is 0 Å². The summed E-state index contributed by atoms with van der Waals surface area (Å²) in [5.74, 6) is 1.15. The Balaban J connectivity index is 1.46. The number of benzene rings is 2. The van der Waals surface area contributed by atoms with Gasteiger partial charge in [-0.15, -0.1) is 0 Å². The lowest BCUT2D eigenvalue weighted by molar-refractivity contribution is 0.397. The molecule has 0 saturated heterocycles. The van der Waals surface area contributed by atoms with E-state index >= 15 is 0 Å². The third kappa shape index (κ3) is 5.05. The average molecular weight is 449 g/mol. The van der Waals surface area contributed by atoms with E-state index in [2.05, 4.69) is 16.2 Å². The zero-order chi connectivity index (χ0) is 21.8. The molecule has 2 aromatic carbocycles. The quantitative estimate of drug-likeness (QED) is 0.302. The lowest BCUT2D eigenvalue weighted by Gasteiger charge is -2.09. The first-order valence-electron chi connectivity index (χ1n) is 9.43. The number of aryl methyl sites for hydroxylation is 1. The maximum absolute atomic E-state index is 12.5. The van der Waals surface area contributed by atoms with Gasteiger partial charge >= 0.3 is 5.69 Å². The second kappa shape index (κ2) is 9.21. The van der Waals surface area contributed by atoms with Gasteiger partial charge in [-0.05, 0) is 42.3 Å². The van der Waals surface area contributed by atoms with E-state index in [-0.39, 0.29) is 5.69 Å². The average Bonchev–Trinajstić information content (AvgIpc) is 3.26. The molecule has 0 N–H and O–H groups in total. The second-order valence-electron chi connectivity index (χ2n) is 6.93. The van der Waals surface area contributed by atoms with E-state index in [1.54, 1.807) is 28.8 Å². The van der Waals surface area contributed by atoms with Crippen LogP contribution in [0.3, 0.4) is 0 Å². The molecule has 0 aliphatic heterocycles. The summed E-state index contributed by atoms with van der Waals surface area (Å²) < 4.78 is 7.00. The monoisotopic (exact) mass is 448 g/mol. The number of aromatic nitrogens is 3. The molecule has 4 aromatic rings. The first-order valence-corrected chi connectivity index (χ1v) is 10.8. The third-order valence-corrected chi connectivity index (χ3v) is 5.96. The van der Waals surface area contributed by atoms with Crippen molar-refractivity contribution in [1.82, 2.24) is 14.7 Å². The molecule has 0 aliphatic rings. The van der Waals surface area contributed by atoms with Gasteiger partial charge in [-0.3, -0.25) is 4.57 Å². The van der Waals surface area contributed by atoms with E-state index in [0.717, 1.165) is 16.7 Å². The van der Waals surface area contributed by atoms with Crippen molar-refractivity contribution in [3.8, 4) is 17.3 Å². The summed E-state index contributed by atoms with van der Waals surface area (Å²) in [6.45, 7) is 2.36. The Hall–Kier alpha value is -3.34. The molecule has 0 bridgehead atoms. The van der Waals surface area contributed by atoms with Crippen LogP contribution in [0.2, 0.25) is 5.02 Å². The van der Waals surface area contributed by atoms with Crippen LogP contribution in [0.25, 0.3) is 11.3 Å². The number of nitriles is 1.